The van der Waals surface area contributed by atoms with Crippen LogP contribution in [0.4, 0.5) is 5.69 Å². The molecule has 2 aromatic rings. The van der Waals surface area contributed by atoms with Gasteiger partial charge in [-0.3, -0.25) is 15.1 Å². The molecule has 98 valence electrons. The zero-order valence-corrected chi connectivity index (χ0v) is 10.4. The van der Waals surface area contributed by atoms with Crippen molar-refractivity contribution in [3.05, 3.63) is 40.1 Å². The van der Waals surface area contributed by atoms with Crippen molar-refractivity contribution in [2.45, 2.75) is 13.0 Å². The number of rotatable bonds is 3. The van der Waals surface area contributed by atoms with Gasteiger partial charge in [-0.25, -0.2) is 0 Å². The van der Waals surface area contributed by atoms with Crippen LogP contribution in [0.2, 0.25) is 0 Å². The van der Waals surface area contributed by atoms with Gasteiger partial charge in [-0.1, -0.05) is 0 Å². The van der Waals surface area contributed by atoms with Crippen molar-refractivity contribution in [2.75, 3.05) is 13.1 Å². The first-order valence-corrected chi connectivity index (χ1v) is 6.06. The van der Waals surface area contributed by atoms with Gasteiger partial charge in [0.05, 0.1) is 10.4 Å². The summed E-state index contributed by atoms with van der Waals surface area (Å²) in [5, 5.41) is 14.7. The van der Waals surface area contributed by atoms with Crippen LogP contribution < -0.4 is 10.1 Å². The molecule has 1 aliphatic heterocycles. The fourth-order valence-corrected chi connectivity index (χ4v) is 2.04. The summed E-state index contributed by atoms with van der Waals surface area (Å²) in [6, 6.07) is 6.46. The number of non-ortho nitro benzene ring substituents is 1. The maximum absolute atomic E-state index is 10.8. The van der Waals surface area contributed by atoms with Crippen LogP contribution in [0, 0.1) is 17.0 Å². The number of aryl methyl sites for hydroxylation is 1. The maximum Gasteiger partial charge on any atom is 0.270 e. The summed E-state index contributed by atoms with van der Waals surface area (Å²) in [4.78, 5) is 14.8. The first-order chi connectivity index (χ1) is 9.13. The highest BCUT2D eigenvalue weighted by molar-refractivity contribution is 5.87. The van der Waals surface area contributed by atoms with Gasteiger partial charge in [0.1, 0.15) is 11.9 Å². The van der Waals surface area contributed by atoms with Crippen molar-refractivity contribution in [1.82, 2.24) is 10.3 Å². The molecule has 0 amide bonds. The first kappa shape index (κ1) is 11.9. The average molecular weight is 259 g/mol. The van der Waals surface area contributed by atoms with E-state index in [9.17, 15) is 10.1 Å². The molecule has 1 N–H and O–H groups in total. The van der Waals surface area contributed by atoms with E-state index in [1.807, 2.05) is 13.0 Å². The number of nitrogens with zero attached hydrogens (tertiary/aromatic N) is 2. The van der Waals surface area contributed by atoms with E-state index >= 15 is 0 Å². The topological polar surface area (TPSA) is 77.3 Å². The molecule has 0 aliphatic carbocycles. The van der Waals surface area contributed by atoms with Crippen molar-refractivity contribution in [3.8, 4) is 5.75 Å². The van der Waals surface area contributed by atoms with Crippen LogP contribution in [0.5, 0.6) is 5.75 Å². The summed E-state index contributed by atoms with van der Waals surface area (Å²) in [5.41, 5.74) is 1.60. The van der Waals surface area contributed by atoms with Gasteiger partial charge in [0.25, 0.3) is 5.69 Å². The molecular weight excluding hydrogens is 246 g/mol. The van der Waals surface area contributed by atoms with Crippen molar-refractivity contribution >= 4 is 16.6 Å². The number of hydrogen-bond donors (Lipinski definition) is 1. The Morgan fingerprint density at radius 3 is 2.84 bits per heavy atom. The van der Waals surface area contributed by atoms with Crippen LogP contribution in [0.1, 0.15) is 5.69 Å². The predicted molar refractivity (Wildman–Crippen MR) is 70.4 cm³/mol. The fraction of sp³-hybridized carbons (Fsp3) is 0.308. The monoisotopic (exact) mass is 259 g/mol. The summed E-state index contributed by atoms with van der Waals surface area (Å²) in [7, 11) is 0. The van der Waals surface area contributed by atoms with Gasteiger partial charge in [-0.15, -0.1) is 0 Å². The average Bonchev–Trinajstić information content (AvgIpc) is 2.32. The van der Waals surface area contributed by atoms with Crippen LogP contribution in [-0.2, 0) is 0 Å². The zero-order valence-electron chi connectivity index (χ0n) is 10.4. The number of benzene rings is 1. The van der Waals surface area contributed by atoms with E-state index in [0.29, 0.717) is 16.7 Å². The van der Waals surface area contributed by atoms with Gasteiger partial charge < -0.3 is 10.1 Å². The van der Waals surface area contributed by atoms with E-state index < -0.39 is 4.92 Å². The molecule has 0 bridgehead atoms. The lowest BCUT2D eigenvalue weighted by atomic mass is 10.1. The Morgan fingerprint density at radius 1 is 1.42 bits per heavy atom. The molecule has 2 heterocycles. The third-order valence-electron chi connectivity index (χ3n) is 3.13. The predicted octanol–water partition coefficient (Wildman–Crippen LogP) is 1.80. The molecule has 1 fully saturated rings. The second-order valence-electron chi connectivity index (χ2n) is 4.62. The van der Waals surface area contributed by atoms with Crippen molar-refractivity contribution in [3.63, 3.8) is 0 Å². The summed E-state index contributed by atoms with van der Waals surface area (Å²) in [6.45, 7) is 3.49. The lowest BCUT2D eigenvalue weighted by molar-refractivity contribution is -0.384. The Morgan fingerprint density at radius 2 is 2.21 bits per heavy atom. The maximum atomic E-state index is 10.8. The SMILES string of the molecule is Cc1cc(OC2CNC2)c2cc([N+](=O)[O-])ccc2n1. The van der Waals surface area contributed by atoms with Crippen molar-refractivity contribution in [1.29, 1.82) is 0 Å². The van der Waals surface area contributed by atoms with Crippen molar-refractivity contribution < 1.29 is 9.66 Å². The smallest absolute Gasteiger partial charge is 0.270 e. The molecule has 6 nitrogen and oxygen atoms in total. The Labute approximate surface area is 109 Å². The van der Waals surface area contributed by atoms with Crippen LogP contribution in [0.3, 0.4) is 0 Å². The van der Waals surface area contributed by atoms with Crippen LogP contribution in [0.15, 0.2) is 24.3 Å². The summed E-state index contributed by atoms with van der Waals surface area (Å²) >= 11 is 0. The minimum absolute atomic E-state index is 0.0507. The molecule has 0 spiro atoms. The van der Waals surface area contributed by atoms with Gasteiger partial charge in [-0.05, 0) is 13.0 Å². The standard InChI is InChI=1S/C13H13N3O3/c1-8-4-13(19-10-6-14-7-10)11-5-9(16(17)18)2-3-12(11)15-8/h2-5,10,14H,6-7H2,1H3. The van der Waals surface area contributed by atoms with E-state index in [1.165, 1.54) is 12.1 Å². The molecule has 6 heteroatoms. The van der Waals surface area contributed by atoms with Gasteiger partial charge >= 0.3 is 0 Å². The number of pyridine rings is 1. The Hall–Kier alpha value is -2.21. The Kier molecular flexibility index (Phi) is 2.79. The number of aromatic nitrogens is 1. The number of nitrogens with one attached hydrogen (secondary N) is 1. The molecular formula is C13H13N3O3. The minimum atomic E-state index is -0.409. The number of nitro benzene ring substituents is 1. The molecule has 1 aliphatic rings. The highest BCUT2D eigenvalue weighted by atomic mass is 16.6. The normalized spacial score (nSPS) is 15.2. The second kappa shape index (κ2) is 4.47. The highest BCUT2D eigenvalue weighted by Crippen LogP contribution is 2.29. The van der Waals surface area contributed by atoms with Crippen LogP contribution >= 0.6 is 0 Å². The lowest BCUT2D eigenvalue weighted by Crippen LogP contribution is -2.50. The van der Waals surface area contributed by atoms with Crippen molar-refractivity contribution in [2.24, 2.45) is 0 Å². The summed E-state index contributed by atoms with van der Waals surface area (Å²) < 4.78 is 5.85. The number of ether oxygens (including phenoxy) is 1. The van der Waals surface area contributed by atoms with Gasteiger partial charge in [0, 0.05) is 42.4 Å². The number of nitro groups is 1. The number of fused-ring (bicyclic) bond motifs is 1. The summed E-state index contributed by atoms with van der Waals surface area (Å²) in [5.74, 6) is 0.665. The van der Waals surface area contributed by atoms with Gasteiger partial charge in [0.15, 0.2) is 0 Å². The number of hydrogen-bond acceptors (Lipinski definition) is 5. The molecule has 3 rings (SSSR count). The molecule has 1 aromatic heterocycles. The molecule has 19 heavy (non-hydrogen) atoms. The van der Waals surface area contributed by atoms with Crippen LogP contribution in [-0.4, -0.2) is 29.1 Å². The van der Waals surface area contributed by atoms with E-state index in [-0.39, 0.29) is 11.8 Å². The quantitative estimate of drug-likeness (QED) is 0.671. The van der Waals surface area contributed by atoms with E-state index in [2.05, 4.69) is 10.3 Å². The van der Waals surface area contributed by atoms with E-state index in [0.717, 1.165) is 18.8 Å². The Bertz CT molecular complexity index is 653. The fourth-order valence-electron chi connectivity index (χ4n) is 2.04. The largest absolute Gasteiger partial charge is 0.487 e. The first-order valence-electron chi connectivity index (χ1n) is 6.06. The zero-order chi connectivity index (χ0) is 13.4. The third kappa shape index (κ3) is 2.22. The van der Waals surface area contributed by atoms with Gasteiger partial charge in [-0.2, -0.15) is 0 Å². The molecule has 0 atom stereocenters. The molecule has 0 radical (unpaired) electrons. The summed E-state index contributed by atoms with van der Waals surface area (Å²) in [6.07, 6.45) is 0.129. The van der Waals surface area contributed by atoms with E-state index in [4.69, 9.17) is 4.74 Å². The Balaban J connectivity index is 2.10. The van der Waals surface area contributed by atoms with Gasteiger partial charge in [0.2, 0.25) is 0 Å². The molecule has 0 saturated carbocycles. The third-order valence-corrected chi connectivity index (χ3v) is 3.13. The van der Waals surface area contributed by atoms with E-state index in [1.54, 1.807) is 6.07 Å². The van der Waals surface area contributed by atoms with Crippen LogP contribution in [0.25, 0.3) is 10.9 Å². The minimum Gasteiger partial charge on any atom is -0.487 e. The molecule has 1 saturated heterocycles. The highest BCUT2D eigenvalue weighted by Gasteiger charge is 2.20. The molecule has 0 unspecified atom stereocenters. The molecule has 1 aromatic carbocycles. The second-order valence-corrected chi connectivity index (χ2v) is 4.62. The lowest BCUT2D eigenvalue weighted by Gasteiger charge is -2.28.